The Morgan fingerprint density at radius 1 is 0.378 bits per heavy atom. The van der Waals surface area contributed by atoms with E-state index in [1.165, 1.54) is 133 Å². The summed E-state index contributed by atoms with van der Waals surface area (Å²) in [5.74, 6) is 10.3. The van der Waals surface area contributed by atoms with Crippen molar-refractivity contribution in [3.05, 3.63) is 147 Å². The van der Waals surface area contributed by atoms with E-state index in [9.17, 15) is 15.2 Å². The van der Waals surface area contributed by atoms with Gasteiger partial charge in [-0.15, -0.1) is 11.3 Å². The summed E-state index contributed by atoms with van der Waals surface area (Å²) in [4.78, 5) is 33.3. The molecular formula is C102H127N7O8S2. The molecule has 0 spiro atoms. The van der Waals surface area contributed by atoms with Gasteiger partial charge in [-0.25, -0.2) is 14.8 Å². The Balaban J connectivity index is 1.22. The minimum Gasteiger partial charge on any atom is -0.493 e. The lowest BCUT2D eigenvalue weighted by Gasteiger charge is -2.18. The van der Waals surface area contributed by atoms with E-state index in [1.54, 1.807) is 0 Å². The van der Waals surface area contributed by atoms with E-state index in [0.29, 0.717) is 118 Å². The molecule has 7 heterocycles. The smallest absolute Gasteiger partial charge is 0.346 e. The highest BCUT2D eigenvalue weighted by atomic mass is 32.1. The number of carboxylic acids is 1. The largest absolute Gasteiger partial charge is 0.493 e. The molecule has 630 valence electrons. The van der Waals surface area contributed by atoms with Crippen LogP contribution in [0.15, 0.2) is 109 Å². The fraction of sp³-hybridized carbons (Fsp3) is 0.471. The van der Waals surface area contributed by atoms with Gasteiger partial charge in [-0.2, -0.15) is 14.0 Å². The number of nitrogens with one attached hydrogen (secondary N) is 2. The fourth-order valence-electron chi connectivity index (χ4n) is 15.7. The van der Waals surface area contributed by atoms with Crippen LogP contribution in [0.2, 0.25) is 0 Å². The Morgan fingerprint density at radius 2 is 0.706 bits per heavy atom. The third kappa shape index (κ3) is 25.8. The first-order valence-corrected chi connectivity index (χ1v) is 46.8. The number of unbranched alkanes of at least 4 members (excludes halogenated alkanes) is 30. The van der Waals surface area contributed by atoms with E-state index >= 15 is 0 Å². The maximum absolute atomic E-state index is 11.9. The number of nitrogens with zero attached hydrogens (tertiary/aromatic N) is 5. The predicted molar refractivity (Wildman–Crippen MR) is 496 cm³/mol. The summed E-state index contributed by atoms with van der Waals surface area (Å²) in [6, 6.07) is 36.8. The second-order valence-electron chi connectivity index (χ2n) is 31.6. The summed E-state index contributed by atoms with van der Waals surface area (Å²) in [7, 11) is 0. The molecule has 11 rings (SSSR count). The monoisotopic (exact) mass is 1640 g/mol. The Labute approximate surface area is 716 Å². The normalized spacial score (nSPS) is 11.8. The van der Waals surface area contributed by atoms with Gasteiger partial charge in [0.15, 0.2) is 0 Å². The van der Waals surface area contributed by atoms with Crippen LogP contribution >= 0.6 is 23.1 Å². The highest BCUT2D eigenvalue weighted by Crippen LogP contribution is 2.49. The van der Waals surface area contributed by atoms with Crippen LogP contribution in [0.25, 0.3) is 107 Å². The summed E-state index contributed by atoms with van der Waals surface area (Å²) in [5.41, 5.74) is 13.6. The van der Waals surface area contributed by atoms with Crippen LogP contribution in [0.5, 0.6) is 34.5 Å². The molecule has 0 saturated carbocycles. The molecule has 0 aliphatic carbocycles. The van der Waals surface area contributed by atoms with Crippen molar-refractivity contribution < 1.29 is 38.3 Å². The maximum atomic E-state index is 11.9. The van der Waals surface area contributed by atoms with Gasteiger partial charge >= 0.3 is 5.97 Å². The van der Waals surface area contributed by atoms with Crippen LogP contribution in [0.4, 0.5) is 0 Å². The van der Waals surface area contributed by atoms with E-state index in [4.69, 9.17) is 47.1 Å². The third-order valence-electron chi connectivity index (χ3n) is 22.3. The van der Waals surface area contributed by atoms with Crippen molar-refractivity contribution in [3.63, 3.8) is 0 Å². The number of rotatable bonds is 54. The van der Waals surface area contributed by atoms with Crippen LogP contribution in [0.3, 0.4) is 0 Å². The van der Waals surface area contributed by atoms with Gasteiger partial charge in [-0.05, 0) is 154 Å². The standard InChI is InChI=1S/C102H127N7O8S2/c1-7-13-19-25-31-37-66-112-87-46-43-47-88(113-67-38-32-26-20-14-8-2)97(87)94-81-59-57-79(104-81)77(55-52-74-53-56-78(101-100(74)108-119-109-101)93-65-54-76(118-93)72-75(73-103)102(110)111)80-58-60-82(105-80)95(98-89(114-68-39-33-27-21-15-9-3)48-44-49-90(98)115-69-40-34-28-22-16-10-4)84-62-64-86(107-84)96(85-63-61-83(94)106-85)99-91(116-70-41-35-29-23-17-11-5)50-45-51-92(99)117-71-42-36-30-24-18-12-6/h43-51,53-54,56-65,72,104,107H,7-42,66-71H2,1-6H3,(H,110,111)/b75-72-,79-77?,80-77?,94-81?,94-83?,95-82?,95-84?,96-85?,96-86?. The zero-order valence-corrected chi connectivity index (χ0v) is 73.4. The second-order valence-corrected chi connectivity index (χ2v) is 33.3. The molecule has 0 atom stereocenters. The van der Waals surface area contributed by atoms with Gasteiger partial charge in [0, 0.05) is 48.6 Å². The molecule has 0 fully saturated rings. The number of carboxylic acid groups (broad SMARTS) is 1. The SMILES string of the molecule is CCCCCCCCOc1cccc(OCCCCCCCC)c1-c1c2nc(c(-c3c(OCCCCCCCC)cccc3OCCCCCCCC)c3ccc([nH]3)c(-c3c(OCCCCCCCC)cccc3OCCCCCCCC)c3nc(c(C#Cc4ccc(-c5ccc(/C=C(/C#N)C(=O)O)s5)c5nsnc45)c4ccc1[nH]4)C=C3)C=C2. The molecule has 0 unspecified atom stereocenters. The van der Waals surface area contributed by atoms with Crippen LogP contribution < -0.4 is 28.4 Å². The van der Waals surface area contributed by atoms with Gasteiger partial charge < -0.3 is 43.5 Å². The predicted octanol–water partition coefficient (Wildman–Crippen LogP) is 29.2. The van der Waals surface area contributed by atoms with E-state index < -0.39 is 5.97 Å². The molecule has 15 nitrogen and oxygen atoms in total. The van der Waals surface area contributed by atoms with Crippen molar-refractivity contribution in [2.75, 3.05) is 39.6 Å². The molecule has 8 bridgehead atoms. The number of nitriles is 1. The van der Waals surface area contributed by atoms with Gasteiger partial charge in [0.2, 0.25) is 0 Å². The summed E-state index contributed by atoms with van der Waals surface area (Å²) < 4.78 is 52.6. The quantitative estimate of drug-likeness (QED) is 0.0141. The number of aliphatic carboxylic acids is 1. The highest BCUT2D eigenvalue weighted by molar-refractivity contribution is 7.16. The third-order valence-corrected chi connectivity index (χ3v) is 23.9. The van der Waals surface area contributed by atoms with Crippen LogP contribution in [-0.4, -0.2) is 79.4 Å². The van der Waals surface area contributed by atoms with Crippen molar-refractivity contribution in [1.29, 1.82) is 5.26 Å². The summed E-state index contributed by atoms with van der Waals surface area (Å²) in [6.45, 7) is 16.7. The number of H-pyrrole nitrogens is 2. The molecule has 0 radical (unpaired) electrons. The minimum atomic E-state index is -1.28. The summed E-state index contributed by atoms with van der Waals surface area (Å²) >= 11 is 2.48. The van der Waals surface area contributed by atoms with Crippen molar-refractivity contribution in [2.24, 2.45) is 0 Å². The summed E-state index contributed by atoms with van der Waals surface area (Å²) in [5, 5.41) is 19.4. The molecule has 119 heavy (non-hydrogen) atoms. The molecule has 2 aliphatic rings. The number of benzene rings is 4. The lowest BCUT2D eigenvalue weighted by molar-refractivity contribution is -0.132. The highest BCUT2D eigenvalue weighted by Gasteiger charge is 2.28. The average molecular weight is 1640 g/mol. The first kappa shape index (κ1) is 89.8. The fourth-order valence-corrected chi connectivity index (χ4v) is 17.2. The van der Waals surface area contributed by atoms with Crippen molar-refractivity contribution in [1.82, 2.24) is 28.7 Å². The number of carbonyl (C=O) groups is 1. The van der Waals surface area contributed by atoms with Crippen LogP contribution in [-0.2, 0) is 4.79 Å². The first-order chi connectivity index (χ1) is 58.7. The zero-order chi connectivity index (χ0) is 83.0. The minimum absolute atomic E-state index is 0.344. The van der Waals surface area contributed by atoms with Gasteiger partial charge in [-0.1, -0.05) is 264 Å². The topological polar surface area (TPSA) is 200 Å². The number of hydrogen-bond acceptors (Lipinski definition) is 14. The van der Waals surface area contributed by atoms with E-state index in [1.807, 2.05) is 30.3 Å². The molecule has 0 saturated heterocycles. The lowest BCUT2D eigenvalue weighted by atomic mass is 10.0. The lowest BCUT2D eigenvalue weighted by Crippen LogP contribution is -2.04. The summed E-state index contributed by atoms with van der Waals surface area (Å²) in [6.07, 6.45) is 50.3. The van der Waals surface area contributed by atoms with Crippen molar-refractivity contribution in [3.8, 4) is 96.2 Å². The number of thiophene rings is 1. The average Bonchev–Trinajstić information content (AvgIpc) is 1.52. The number of fused-ring (bicyclic) bond motifs is 9. The Hall–Kier alpha value is -9.94. The molecule has 9 aromatic rings. The maximum Gasteiger partial charge on any atom is 0.346 e. The van der Waals surface area contributed by atoms with E-state index in [-0.39, 0.29) is 5.57 Å². The number of aromatic amines is 2. The van der Waals surface area contributed by atoms with Crippen LogP contribution in [0.1, 0.15) is 311 Å². The van der Waals surface area contributed by atoms with E-state index in [2.05, 4.69) is 167 Å². The molecule has 2 aliphatic heterocycles. The Kier molecular flexibility index (Phi) is 37.4. The van der Waals surface area contributed by atoms with Gasteiger partial charge in [0.1, 0.15) is 57.2 Å². The van der Waals surface area contributed by atoms with E-state index in [0.717, 1.165) is 199 Å². The molecule has 4 aromatic carbocycles. The Morgan fingerprint density at radius 3 is 1.07 bits per heavy atom. The van der Waals surface area contributed by atoms with Crippen LogP contribution in [0, 0.1) is 23.2 Å². The molecule has 17 heteroatoms. The van der Waals surface area contributed by atoms with Gasteiger partial charge in [0.25, 0.3) is 0 Å². The molecule has 3 N–H and O–H groups in total. The molecule has 5 aromatic heterocycles. The molecular weight excluding hydrogens is 1520 g/mol. The van der Waals surface area contributed by atoms with Crippen molar-refractivity contribution in [2.45, 2.75) is 273 Å². The molecule has 0 amide bonds. The van der Waals surface area contributed by atoms with Gasteiger partial charge in [-0.3, -0.25) is 0 Å². The number of ether oxygens (including phenoxy) is 6. The number of hydrogen-bond donors (Lipinski definition) is 3. The first-order valence-electron chi connectivity index (χ1n) is 45.2. The van der Waals surface area contributed by atoms with Crippen molar-refractivity contribution >= 4 is 92.5 Å². The van der Waals surface area contributed by atoms with Gasteiger partial charge in [0.05, 0.1) is 107 Å². The Bertz CT molecular complexity index is 4910. The second kappa shape index (κ2) is 49.6. The number of aromatic nitrogens is 6. The zero-order valence-electron chi connectivity index (χ0n) is 71.8.